The fraction of sp³-hybridized carbons (Fsp3) is 0.522. The molecule has 1 aromatic carbocycles. The van der Waals surface area contributed by atoms with Crippen LogP contribution in [0.5, 0.6) is 5.75 Å². The first-order valence-corrected chi connectivity index (χ1v) is 11.1. The zero-order chi connectivity index (χ0) is 23.3. The summed E-state index contributed by atoms with van der Waals surface area (Å²) < 4.78 is 21.0. The van der Waals surface area contributed by atoms with E-state index in [0.717, 1.165) is 18.4 Å². The Morgan fingerprint density at radius 3 is 2.72 bits per heavy atom. The molecule has 1 aromatic heterocycles. The van der Waals surface area contributed by atoms with Gasteiger partial charge >= 0.3 is 18.9 Å². The van der Waals surface area contributed by atoms with Crippen molar-refractivity contribution in [3.63, 3.8) is 0 Å². The van der Waals surface area contributed by atoms with Gasteiger partial charge in [0.05, 0.1) is 0 Å². The molecule has 1 aliphatic rings. The molecule has 9 heteroatoms. The molecule has 0 aliphatic carbocycles. The molecule has 8 nitrogen and oxygen atoms in total. The lowest BCUT2D eigenvalue weighted by Gasteiger charge is -2.28. The van der Waals surface area contributed by atoms with Crippen molar-refractivity contribution < 1.29 is 32.8 Å². The number of ketones is 1. The Morgan fingerprint density at radius 1 is 1.25 bits per heavy atom. The van der Waals surface area contributed by atoms with E-state index >= 15 is 0 Å². The van der Waals surface area contributed by atoms with Crippen LogP contribution >= 0.6 is 0 Å². The minimum Gasteiger partial charge on any atom is -0.535 e. The van der Waals surface area contributed by atoms with Crippen LogP contribution in [0.1, 0.15) is 73.9 Å². The van der Waals surface area contributed by atoms with E-state index in [1.54, 1.807) is 18.2 Å². The molecule has 1 atom stereocenters. The number of para-hydroxylation sites is 1. The molecule has 0 fully saturated rings. The summed E-state index contributed by atoms with van der Waals surface area (Å²) in [5.41, 5.74) is 0.891. The highest BCUT2D eigenvalue weighted by Crippen LogP contribution is 2.37. The fourth-order valence-corrected chi connectivity index (χ4v) is 3.77. The maximum Gasteiger partial charge on any atom is 0.526 e. The normalized spacial score (nSPS) is 15.4. The summed E-state index contributed by atoms with van der Waals surface area (Å²) in [6, 6.07) is 5.05. The van der Waals surface area contributed by atoms with E-state index in [0.29, 0.717) is 25.0 Å². The number of Topliss-reactive ketones (excluding diaryl/α,β-unsaturated/α-hetero) is 1. The van der Waals surface area contributed by atoms with Crippen molar-refractivity contribution in [3.05, 3.63) is 51.5 Å². The number of benzene rings is 1. The van der Waals surface area contributed by atoms with Gasteiger partial charge in [-0.25, -0.2) is 9.59 Å². The van der Waals surface area contributed by atoms with Gasteiger partial charge in [0, 0.05) is 25.1 Å². The SMILES string of the molecule is CCCCC(=O)C[C@H]1Cc2cccc(C(=O)OCc3oc(=O)oc3CC(C)C)c2OB1O. The summed E-state index contributed by atoms with van der Waals surface area (Å²) in [6.45, 7) is 5.69. The standard InChI is InChI=1S/C23H29BO8/c1-4-5-8-17(25)12-16-11-15-7-6-9-18(21(15)32-24(16)28)22(26)29-13-20-19(10-14(2)3)30-23(27)31-20/h6-7,9,14,16,28H,4-5,8,10-13H2,1-3H3/t16-/m1/s1. The number of carbonyl (C=O) groups is 2. The Bertz CT molecular complexity index is 1010. The summed E-state index contributed by atoms with van der Waals surface area (Å²) in [7, 11) is -1.19. The van der Waals surface area contributed by atoms with Crippen molar-refractivity contribution in [1.29, 1.82) is 0 Å². The Kier molecular flexibility index (Phi) is 7.96. The molecule has 172 valence electrons. The van der Waals surface area contributed by atoms with Gasteiger partial charge in [0.15, 0.2) is 18.1 Å². The van der Waals surface area contributed by atoms with Gasteiger partial charge in [-0.3, -0.25) is 4.79 Å². The zero-order valence-corrected chi connectivity index (χ0v) is 18.7. The molecule has 1 N–H and O–H groups in total. The quantitative estimate of drug-likeness (QED) is 0.435. The first-order valence-electron chi connectivity index (χ1n) is 11.1. The summed E-state index contributed by atoms with van der Waals surface area (Å²) in [4.78, 5) is 36.3. The largest absolute Gasteiger partial charge is 0.535 e. The second-order valence-electron chi connectivity index (χ2n) is 8.59. The van der Waals surface area contributed by atoms with E-state index < -0.39 is 18.9 Å². The van der Waals surface area contributed by atoms with Crippen molar-refractivity contribution in [2.24, 2.45) is 5.92 Å². The smallest absolute Gasteiger partial charge is 0.526 e. The summed E-state index contributed by atoms with van der Waals surface area (Å²) >= 11 is 0. The molecular formula is C23H29BO8. The van der Waals surface area contributed by atoms with Crippen molar-refractivity contribution >= 4 is 18.9 Å². The van der Waals surface area contributed by atoms with E-state index in [9.17, 15) is 19.4 Å². The summed E-state index contributed by atoms with van der Waals surface area (Å²) in [6.07, 6.45) is 3.38. The second kappa shape index (κ2) is 10.7. The van der Waals surface area contributed by atoms with Gasteiger partial charge in [-0.1, -0.05) is 39.3 Å². The topological polar surface area (TPSA) is 116 Å². The molecule has 0 spiro atoms. The van der Waals surface area contributed by atoms with Crippen molar-refractivity contribution in [1.82, 2.24) is 0 Å². The maximum atomic E-state index is 12.7. The van der Waals surface area contributed by atoms with E-state index in [1.165, 1.54) is 0 Å². The van der Waals surface area contributed by atoms with Crippen molar-refractivity contribution in [2.75, 3.05) is 0 Å². The average Bonchev–Trinajstić information content (AvgIpc) is 3.08. The van der Waals surface area contributed by atoms with E-state index in [1.807, 2.05) is 20.8 Å². The zero-order valence-electron chi connectivity index (χ0n) is 18.7. The number of fused-ring (bicyclic) bond motifs is 1. The van der Waals surface area contributed by atoms with E-state index in [4.69, 9.17) is 18.2 Å². The molecule has 0 bridgehead atoms. The summed E-state index contributed by atoms with van der Waals surface area (Å²) in [5.74, 6) is -0.778. The lowest BCUT2D eigenvalue weighted by atomic mass is 9.64. The van der Waals surface area contributed by atoms with Crippen LogP contribution in [-0.4, -0.2) is 23.9 Å². The number of hydrogen-bond acceptors (Lipinski definition) is 8. The van der Waals surface area contributed by atoms with Gasteiger partial charge in [0.25, 0.3) is 0 Å². The molecule has 0 radical (unpaired) electrons. The number of unbranched alkanes of at least 4 members (excludes halogenated alkanes) is 1. The van der Waals surface area contributed by atoms with Crippen LogP contribution in [-0.2, 0) is 29.0 Å². The highest BCUT2D eigenvalue weighted by atomic mass is 16.6. The Morgan fingerprint density at radius 2 is 2.00 bits per heavy atom. The van der Waals surface area contributed by atoms with Crippen molar-refractivity contribution in [3.8, 4) is 5.75 Å². The van der Waals surface area contributed by atoms with Gasteiger partial charge < -0.3 is 23.2 Å². The molecule has 32 heavy (non-hydrogen) atoms. The first-order chi connectivity index (χ1) is 15.3. The highest BCUT2D eigenvalue weighted by Gasteiger charge is 2.37. The lowest BCUT2D eigenvalue weighted by molar-refractivity contribution is -0.119. The monoisotopic (exact) mass is 444 g/mol. The number of ether oxygens (including phenoxy) is 1. The number of hydrogen-bond donors (Lipinski definition) is 1. The second-order valence-corrected chi connectivity index (χ2v) is 8.59. The van der Waals surface area contributed by atoms with E-state index in [-0.39, 0.29) is 47.6 Å². The molecule has 0 amide bonds. The predicted molar refractivity (Wildman–Crippen MR) is 117 cm³/mol. The Hall–Kier alpha value is -2.81. The van der Waals surface area contributed by atoms with Crippen LogP contribution in [0.3, 0.4) is 0 Å². The minimum absolute atomic E-state index is 0.0947. The maximum absolute atomic E-state index is 12.7. The van der Waals surface area contributed by atoms with Crippen LogP contribution in [0.25, 0.3) is 0 Å². The molecule has 0 unspecified atom stereocenters. The van der Waals surface area contributed by atoms with Crippen LogP contribution in [0.2, 0.25) is 5.82 Å². The predicted octanol–water partition coefficient (Wildman–Crippen LogP) is 3.72. The molecule has 0 saturated heterocycles. The molecule has 0 saturated carbocycles. The lowest BCUT2D eigenvalue weighted by Crippen LogP contribution is -2.35. The Labute approximate surface area is 187 Å². The molecule has 2 heterocycles. The highest BCUT2D eigenvalue weighted by molar-refractivity contribution is 6.47. The third-order valence-corrected chi connectivity index (χ3v) is 5.39. The average molecular weight is 444 g/mol. The van der Waals surface area contributed by atoms with Gasteiger partial charge in [-0.15, -0.1) is 0 Å². The van der Waals surface area contributed by atoms with Crippen LogP contribution in [0.15, 0.2) is 31.8 Å². The molecular weight excluding hydrogens is 415 g/mol. The van der Waals surface area contributed by atoms with Crippen LogP contribution < -0.4 is 10.5 Å². The van der Waals surface area contributed by atoms with Gasteiger partial charge in [-0.2, -0.15) is 0 Å². The first kappa shape index (κ1) is 23.8. The Balaban J connectivity index is 1.69. The van der Waals surface area contributed by atoms with Crippen molar-refractivity contribution in [2.45, 2.75) is 71.7 Å². The number of carbonyl (C=O) groups excluding carboxylic acids is 2. The fourth-order valence-electron chi connectivity index (χ4n) is 3.77. The summed E-state index contributed by atoms with van der Waals surface area (Å²) in [5, 5.41) is 10.4. The van der Waals surface area contributed by atoms with Gasteiger partial charge in [0.2, 0.25) is 0 Å². The van der Waals surface area contributed by atoms with Crippen LogP contribution in [0.4, 0.5) is 0 Å². The third kappa shape index (κ3) is 5.91. The molecule has 2 aromatic rings. The van der Waals surface area contributed by atoms with Gasteiger partial charge in [0.1, 0.15) is 17.1 Å². The number of esters is 1. The number of rotatable bonds is 10. The van der Waals surface area contributed by atoms with Crippen LogP contribution in [0, 0.1) is 5.92 Å². The molecule has 1 aliphatic heterocycles. The van der Waals surface area contributed by atoms with E-state index in [2.05, 4.69) is 0 Å². The minimum atomic E-state index is -1.19. The molecule has 3 rings (SSSR count). The third-order valence-electron chi connectivity index (χ3n) is 5.39. The van der Waals surface area contributed by atoms with Gasteiger partial charge in [-0.05, 0) is 30.4 Å².